The van der Waals surface area contributed by atoms with E-state index in [2.05, 4.69) is 46.8 Å². The molecule has 0 atom stereocenters. The van der Waals surface area contributed by atoms with Gasteiger partial charge in [0, 0.05) is 30.9 Å². The Hall–Kier alpha value is -2.18. The minimum atomic E-state index is 0.666. The van der Waals surface area contributed by atoms with E-state index < -0.39 is 0 Å². The van der Waals surface area contributed by atoms with Gasteiger partial charge in [-0.05, 0) is 115 Å². The van der Waals surface area contributed by atoms with Crippen molar-refractivity contribution in [1.82, 2.24) is 19.8 Å². The molecular formula is C29H44N4O2. The van der Waals surface area contributed by atoms with Crippen LogP contribution >= 0.6 is 0 Å². The lowest BCUT2D eigenvalue weighted by atomic mass is 9.91. The van der Waals surface area contributed by atoms with Gasteiger partial charge in [-0.1, -0.05) is 6.07 Å². The third-order valence-electron chi connectivity index (χ3n) is 7.62. The molecule has 2 aliphatic rings. The summed E-state index contributed by atoms with van der Waals surface area (Å²) >= 11 is 0. The normalized spacial score (nSPS) is 17.8. The maximum Gasteiger partial charge on any atom is 0.161 e. The molecule has 0 bridgehead atoms. The van der Waals surface area contributed by atoms with Gasteiger partial charge in [-0.15, -0.1) is 0 Å². The molecule has 3 heterocycles. The van der Waals surface area contributed by atoms with Gasteiger partial charge >= 0.3 is 0 Å². The highest BCUT2D eigenvalue weighted by Crippen LogP contribution is 2.29. The summed E-state index contributed by atoms with van der Waals surface area (Å²) in [5.41, 5.74) is 2.31. The number of aromatic nitrogens is 2. The van der Waals surface area contributed by atoms with E-state index in [1.165, 1.54) is 58.3 Å². The third kappa shape index (κ3) is 7.91. The molecule has 2 saturated heterocycles. The summed E-state index contributed by atoms with van der Waals surface area (Å²) in [6, 6.07) is 8.93. The summed E-state index contributed by atoms with van der Waals surface area (Å²) in [6.07, 6.45) is 11.2. The van der Waals surface area contributed by atoms with Crippen LogP contribution in [-0.2, 0) is 12.8 Å². The Bertz CT molecular complexity index is 905. The molecule has 35 heavy (non-hydrogen) atoms. The van der Waals surface area contributed by atoms with Crippen molar-refractivity contribution in [2.24, 2.45) is 5.92 Å². The van der Waals surface area contributed by atoms with Gasteiger partial charge in [-0.25, -0.2) is 9.97 Å². The van der Waals surface area contributed by atoms with E-state index >= 15 is 0 Å². The highest BCUT2D eigenvalue weighted by atomic mass is 16.5. The molecule has 0 N–H and O–H groups in total. The topological polar surface area (TPSA) is 50.7 Å². The number of rotatable bonds is 12. The molecule has 1 aromatic carbocycles. The van der Waals surface area contributed by atoms with Gasteiger partial charge in [0.1, 0.15) is 5.82 Å². The largest absolute Gasteiger partial charge is 0.493 e. The highest BCUT2D eigenvalue weighted by Gasteiger charge is 2.20. The number of methoxy groups -OCH3 is 1. The van der Waals surface area contributed by atoms with Crippen molar-refractivity contribution >= 4 is 0 Å². The van der Waals surface area contributed by atoms with Gasteiger partial charge in [-0.3, -0.25) is 0 Å². The molecule has 0 spiro atoms. The maximum absolute atomic E-state index is 6.12. The highest BCUT2D eigenvalue weighted by molar-refractivity contribution is 5.43. The number of ether oxygens (including phenoxy) is 2. The first-order chi connectivity index (χ1) is 17.1. The van der Waals surface area contributed by atoms with Crippen molar-refractivity contribution in [1.29, 1.82) is 0 Å². The van der Waals surface area contributed by atoms with Crippen molar-refractivity contribution in [2.45, 2.75) is 71.3 Å². The fourth-order valence-electron chi connectivity index (χ4n) is 5.38. The minimum Gasteiger partial charge on any atom is -0.493 e. The minimum absolute atomic E-state index is 0.666. The number of aryl methyl sites for hydroxylation is 1. The first kappa shape index (κ1) is 25.9. The van der Waals surface area contributed by atoms with Crippen LogP contribution in [0.25, 0.3) is 0 Å². The number of likely N-dealkylation sites (tertiary alicyclic amines) is 2. The van der Waals surface area contributed by atoms with E-state index in [9.17, 15) is 0 Å². The number of hydrogen-bond donors (Lipinski definition) is 0. The summed E-state index contributed by atoms with van der Waals surface area (Å²) in [7, 11) is 1.70. The lowest BCUT2D eigenvalue weighted by molar-refractivity contribution is 0.145. The van der Waals surface area contributed by atoms with Gasteiger partial charge in [0.25, 0.3) is 0 Å². The molecule has 1 aromatic heterocycles. The predicted molar refractivity (Wildman–Crippen MR) is 141 cm³/mol. The van der Waals surface area contributed by atoms with E-state index in [-0.39, 0.29) is 0 Å². The fraction of sp³-hybridized carbons (Fsp3) is 0.655. The summed E-state index contributed by atoms with van der Waals surface area (Å²) in [5, 5.41) is 0. The van der Waals surface area contributed by atoms with Crippen LogP contribution in [0.2, 0.25) is 0 Å². The Morgan fingerprint density at radius 3 is 2.57 bits per heavy atom. The summed E-state index contributed by atoms with van der Waals surface area (Å²) in [5.74, 6) is 3.29. The molecular weight excluding hydrogens is 436 g/mol. The van der Waals surface area contributed by atoms with Crippen LogP contribution in [0.15, 0.2) is 30.5 Å². The molecule has 2 aromatic rings. The first-order valence-electron chi connectivity index (χ1n) is 13.7. The van der Waals surface area contributed by atoms with Crippen molar-refractivity contribution in [2.75, 3.05) is 46.4 Å². The van der Waals surface area contributed by atoms with Crippen LogP contribution in [0, 0.1) is 5.92 Å². The lowest BCUT2D eigenvalue weighted by Gasteiger charge is -2.34. The molecule has 2 fully saturated rings. The van der Waals surface area contributed by atoms with Crippen LogP contribution in [0.3, 0.4) is 0 Å². The van der Waals surface area contributed by atoms with Crippen molar-refractivity contribution in [3.8, 4) is 11.5 Å². The van der Waals surface area contributed by atoms with Crippen LogP contribution in [0.1, 0.15) is 69.5 Å². The monoisotopic (exact) mass is 480 g/mol. The first-order valence-corrected chi connectivity index (χ1v) is 13.7. The van der Waals surface area contributed by atoms with Crippen LogP contribution < -0.4 is 9.47 Å². The Balaban J connectivity index is 1.28. The molecule has 0 amide bonds. The van der Waals surface area contributed by atoms with E-state index in [4.69, 9.17) is 14.5 Å². The second kappa shape index (κ2) is 13.2. The average Bonchev–Trinajstić information content (AvgIpc) is 3.40. The molecule has 0 unspecified atom stereocenters. The van der Waals surface area contributed by atoms with Gasteiger partial charge in [-0.2, -0.15) is 0 Å². The molecule has 4 rings (SSSR count). The second-order valence-corrected chi connectivity index (χ2v) is 10.5. The number of benzene rings is 1. The molecule has 6 nitrogen and oxygen atoms in total. The molecule has 0 aliphatic carbocycles. The molecule has 192 valence electrons. The molecule has 6 heteroatoms. The average molecular weight is 481 g/mol. The summed E-state index contributed by atoms with van der Waals surface area (Å²) in [4.78, 5) is 14.6. The van der Waals surface area contributed by atoms with Crippen molar-refractivity contribution in [3.63, 3.8) is 0 Å². The van der Waals surface area contributed by atoms with Gasteiger partial charge in [0.15, 0.2) is 11.5 Å². The van der Waals surface area contributed by atoms with E-state index in [1.54, 1.807) is 7.11 Å². The Kier molecular flexibility index (Phi) is 9.78. The number of piperidine rings is 1. The maximum atomic E-state index is 6.12. The third-order valence-corrected chi connectivity index (χ3v) is 7.62. The SMILES string of the molecule is COc1ccc(Cc2nccc(CCC3CCN(C(C)C)CC3)n2)cc1OCCCN1CCCC1. The lowest BCUT2D eigenvalue weighted by Crippen LogP contribution is -2.38. The van der Waals surface area contributed by atoms with Crippen molar-refractivity contribution in [3.05, 3.63) is 47.5 Å². The quantitative estimate of drug-likeness (QED) is 0.399. The van der Waals surface area contributed by atoms with E-state index in [0.29, 0.717) is 19.1 Å². The molecule has 0 saturated carbocycles. The number of hydrogen-bond acceptors (Lipinski definition) is 6. The second-order valence-electron chi connectivity index (χ2n) is 10.5. The molecule has 0 radical (unpaired) electrons. The fourth-order valence-corrected chi connectivity index (χ4v) is 5.38. The zero-order chi connectivity index (χ0) is 24.5. The van der Waals surface area contributed by atoms with Crippen LogP contribution in [0.4, 0.5) is 0 Å². The summed E-state index contributed by atoms with van der Waals surface area (Å²) < 4.78 is 11.7. The Morgan fingerprint density at radius 1 is 1.03 bits per heavy atom. The van der Waals surface area contributed by atoms with Crippen LogP contribution in [0.5, 0.6) is 11.5 Å². The van der Waals surface area contributed by atoms with Gasteiger partial charge in [0.2, 0.25) is 0 Å². The van der Waals surface area contributed by atoms with Crippen molar-refractivity contribution < 1.29 is 9.47 Å². The predicted octanol–water partition coefficient (Wildman–Crippen LogP) is 4.99. The smallest absolute Gasteiger partial charge is 0.161 e. The Labute approximate surface area is 212 Å². The standard InChI is InChI=1S/C29H44N4O2/c1-23(2)33-18-12-24(13-19-33)7-9-26-11-14-30-29(31-26)22-25-8-10-27(34-3)28(21-25)35-20-6-17-32-15-4-5-16-32/h8,10-11,14,21,23-24H,4-7,9,12-13,15-20,22H2,1-3H3. The van der Waals surface area contributed by atoms with Gasteiger partial charge in [0.05, 0.1) is 13.7 Å². The number of nitrogens with zero attached hydrogens (tertiary/aromatic N) is 4. The Morgan fingerprint density at radius 2 is 1.83 bits per heavy atom. The van der Waals surface area contributed by atoms with Crippen LogP contribution in [-0.4, -0.2) is 72.3 Å². The van der Waals surface area contributed by atoms with E-state index in [0.717, 1.165) is 53.9 Å². The molecule has 2 aliphatic heterocycles. The summed E-state index contributed by atoms with van der Waals surface area (Å²) in [6.45, 7) is 11.4. The van der Waals surface area contributed by atoms with E-state index in [1.807, 2.05) is 12.3 Å². The van der Waals surface area contributed by atoms with Gasteiger partial charge < -0.3 is 19.3 Å². The zero-order valence-corrected chi connectivity index (χ0v) is 22.0. The zero-order valence-electron chi connectivity index (χ0n) is 22.0.